The monoisotopic (exact) mass is 313 g/mol. The van der Waals surface area contributed by atoms with Gasteiger partial charge in [0.2, 0.25) is 0 Å². The van der Waals surface area contributed by atoms with E-state index in [2.05, 4.69) is 14.6 Å². The zero-order valence-electron chi connectivity index (χ0n) is 11.8. The zero-order valence-corrected chi connectivity index (χ0v) is 12.6. The molecule has 8 heteroatoms. The molecule has 0 spiro atoms. The molecule has 21 heavy (non-hydrogen) atoms. The number of carboxylic acids is 1. The predicted octanol–water partition coefficient (Wildman–Crippen LogP) is 0.542. The highest BCUT2D eigenvalue weighted by atomic mass is 32.2. The van der Waals surface area contributed by atoms with Crippen molar-refractivity contribution in [3.05, 3.63) is 23.9 Å². The molecule has 0 aromatic carbocycles. The maximum absolute atomic E-state index is 12.2. The summed E-state index contributed by atoms with van der Waals surface area (Å²) in [5.74, 6) is -1.13. The Morgan fingerprint density at radius 2 is 2.29 bits per heavy atom. The molecule has 0 saturated carbocycles. The third-order valence-corrected chi connectivity index (χ3v) is 4.97. The van der Waals surface area contributed by atoms with Crippen LogP contribution in [0.5, 0.6) is 0 Å². The topological polar surface area (TPSA) is 99.6 Å². The number of aromatic carboxylic acids is 1. The summed E-state index contributed by atoms with van der Waals surface area (Å²) in [7, 11) is -3.71. The number of carboxylic acid groups (broad SMARTS) is 1. The standard InChI is InChI=1S/C13H19N3O4S/c1-2-16-7-3-4-11(9-16)15-21(19,20)12-6-5-10(8-14-12)13(17)18/h5-6,8,11,15H,2-4,7,9H2,1H3,(H,17,18). The van der Waals surface area contributed by atoms with Gasteiger partial charge < -0.3 is 10.0 Å². The third kappa shape index (κ3) is 3.99. The first kappa shape index (κ1) is 15.9. The lowest BCUT2D eigenvalue weighted by molar-refractivity contribution is 0.0696. The molecule has 1 atom stereocenters. The molecule has 2 heterocycles. The number of aromatic nitrogens is 1. The molecular formula is C13H19N3O4S. The first-order chi connectivity index (χ1) is 9.92. The van der Waals surface area contributed by atoms with Gasteiger partial charge in [0.25, 0.3) is 10.0 Å². The molecule has 116 valence electrons. The van der Waals surface area contributed by atoms with Gasteiger partial charge in [0.05, 0.1) is 5.56 Å². The number of hydrogen-bond acceptors (Lipinski definition) is 5. The molecule has 1 aliphatic heterocycles. The van der Waals surface area contributed by atoms with Gasteiger partial charge in [0.1, 0.15) is 0 Å². The summed E-state index contributed by atoms with van der Waals surface area (Å²) in [6, 6.07) is 2.32. The summed E-state index contributed by atoms with van der Waals surface area (Å²) in [5.41, 5.74) is -0.0382. The van der Waals surface area contributed by atoms with Gasteiger partial charge in [0.15, 0.2) is 5.03 Å². The van der Waals surface area contributed by atoms with Crippen LogP contribution in [0.4, 0.5) is 0 Å². The van der Waals surface area contributed by atoms with Crippen molar-refractivity contribution in [2.75, 3.05) is 19.6 Å². The van der Waals surface area contributed by atoms with Crippen LogP contribution in [0.2, 0.25) is 0 Å². The minimum Gasteiger partial charge on any atom is -0.478 e. The van der Waals surface area contributed by atoms with Gasteiger partial charge in [-0.3, -0.25) is 0 Å². The average Bonchev–Trinajstić information content (AvgIpc) is 2.47. The molecule has 0 amide bonds. The van der Waals surface area contributed by atoms with Gasteiger partial charge >= 0.3 is 5.97 Å². The highest BCUT2D eigenvalue weighted by Crippen LogP contribution is 2.13. The second-order valence-electron chi connectivity index (χ2n) is 5.04. The Kier molecular flexibility index (Phi) is 4.92. The molecule has 1 unspecified atom stereocenters. The summed E-state index contributed by atoms with van der Waals surface area (Å²) in [4.78, 5) is 16.7. The Labute approximate surface area is 124 Å². The summed E-state index contributed by atoms with van der Waals surface area (Å²) in [5, 5.41) is 8.63. The third-order valence-electron chi connectivity index (χ3n) is 3.53. The fourth-order valence-electron chi connectivity index (χ4n) is 2.38. The molecule has 2 rings (SSSR count). The van der Waals surface area contributed by atoms with Crippen molar-refractivity contribution < 1.29 is 18.3 Å². The second-order valence-corrected chi connectivity index (χ2v) is 6.70. The van der Waals surface area contributed by atoms with E-state index in [-0.39, 0.29) is 16.6 Å². The first-order valence-corrected chi connectivity index (χ1v) is 8.34. The molecule has 1 aromatic heterocycles. The lowest BCUT2D eigenvalue weighted by Gasteiger charge is -2.31. The van der Waals surface area contributed by atoms with Crippen LogP contribution in [0, 0.1) is 0 Å². The minimum absolute atomic E-state index is 0.0382. The number of sulfonamides is 1. The number of nitrogens with zero attached hydrogens (tertiary/aromatic N) is 2. The van der Waals surface area contributed by atoms with E-state index in [0.717, 1.165) is 32.1 Å². The van der Waals surface area contributed by atoms with Crippen LogP contribution in [-0.2, 0) is 10.0 Å². The number of carbonyl (C=O) groups is 1. The van der Waals surface area contributed by atoms with E-state index in [1.54, 1.807) is 0 Å². The Morgan fingerprint density at radius 1 is 1.52 bits per heavy atom. The van der Waals surface area contributed by atoms with Crippen molar-refractivity contribution in [1.82, 2.24) is 14.6 Å². The first-order valence-electron chi connectivity index (χ1n) is 6.86. The second kappa shape index (κ2) is 6.50. The molecular weight excluding hydrogens is 294 g/mol. The number of likely N-dealkylation sites (N-methyl/N-ethyl adjacent to an activating group) is 1. The van der Waals surface area contributed by atoms with E-state index in [1.165, 1.54) is 12.1 Å². The fourth-order valence-corrected chi connectivity index (χ4v) is 3.58. The number of piperidine rings is 1. The van der Waals surface area contributed by atoms with Gasteiger partial charge in [-0.05, 0) is 38.1 Å². The van der Waals surface area contributed by atoms with E-state index in [1.807, 2.05) is 6.92 Å². The Bertz CT molecular complexity index is 600. The smallest absolute Gasteiger partial charge is 0.337 e. The Hall–Kier alpha value is -1.51. The summed E-state index contributed by atoms with van der Waals surface area (Å²) >= 11 is 0. The molecule has 0 radical (unpaired) electrons. The van der Waals surface area contributed by atoms with Crippen LogP contribution in [0.1, 0.15) is 30.1 Å². The fraction of sp³-hybridized carbons (Fsp3) is 0.538. The van der Waals surface area contributed by atoms with E-state index in [4.69, 9.17) is 5.11 Å². The SMILES string of the molecule is CCN1CCCC(NS(=O)(=O)c2ccc(C(=O)O)cn2)C1. The molecule has 0 bridgehead atoms. The Balaban J connectivity index is 2.09. The number of rotatable bonds is 5. The van der Waals surface area contributed by atoms with Crippen LogP contribution in [-0.4, -0.2) is 55.1 Å². The largest absolute Gasteiger partial charge is 0.478 e. The number of likely N-dealkylation sites (tertiary alicyclic amines) is 1. The molecule has 1 aliphatic rings. The van der Waals surface area contributed by atoms with E-state index in [0.29, 0.717) is 6.54 Å². The van der Waals surface area contributed by atoms with E-state index >= 15 is 0 Å². The molecule has 7 nitrogen and oxygen atoms in total. The van der Waals surface area contributed by atoms with Crippen LogP contribution in [0.3, 0.4) is 0 Å². The molecule has 1 saturated heterocycles. The maximum Gasteiger partial charge on any atom is 0.337 e. The van der Waals surface area contributed by atoms with Crippen molar-refractivity contribution in [2.45, 2.75) is 30.8 Å². The molecule has 2 N–H and O–H groups in total. The molecule has 1 fully saturated rings. The van der Waals surface area contributed by atoms with Crippen molar-refractivity contribution in [3.8, 4) is 0 Å². The summed E-state index contributed by atoms with van der Waals surface area (Å²) in [6.07, 6.45) is 2.80. The lowest BCUT2D eigenvalue weighted by Crippen LogP contribution is -2.47. The molecule has 1 aromatic rings. The summed E-state index contributed by atoms with van der Waals surface area (Å²) in [6.45, 7) is 4.61. The van der Waals surface area contributed by atoms with Gasteiger partial charge in [0, 0.05) is 18.8 Å². The number of pyridine rings is 1. The number of nitrogens with one attached hydrogen (secondary N) is 1. The normalized spacial score (nSPS) is 20.3. The van der Waals surface area contributed by atoms with E-state index in [9.17, 15) is 13.2 Å². The number of hydrogen-bond donors (Lipinski definition) is 2. The van der Waals surface area contributed by atoms with Crippen LogP contribution in [0.25, 0.3) is 0 Å². The van der Waals surface area contributed by atoms with Gasteiger partial charge in [-0.25, -0.2) is 22.9 Å². The van der Waals surface area contributed by atoms with Crippen molar-refractivity contribution >= 4 is 16.0 Å². The van der Waals surface area contributed by atoms with Crippen LogP contribution < -0.4 is 4.72 Å². The Morgan fingerprint density at radius 3 is 2.86 bits per heavy atom. The van der Waals surface area contributed by atoms with Crippen molar-refractivity contribution in [2.24, 2.45) is 0 Å². The summed E-state index contributed by atoms with van der Waals surface area (Å²) < 4.78 is 27.1. The highest BCUT2D eigenvalue weighted by molar-refractivity contribution is 7.89. The van der Waals surface area contributed by atoms with Gasteiger partial charge in [-0.1, -0.05) is 6.92 Å². The lowest BCUT2D eigenvalue weighted by atomic mass is 10.1. The zero-order chi connectivity index (χ0) is 15.5. The van der Waals surface area contributed by atoms with Crippen LogP contribution >= 0.6 is 0 Å². The van der Waals surface area contributed by atoms with Crippen LogP contribution in [0.15, 0.2) is 23.4 Å². The average molecular weight is 313 g/mol. The quantitative estimate of drug-likeness (QED) is 0.823. The van der Waals surface area contributed by atoms with Gasteiger partial charge in [-0.2, -0.15) is 0 Å². The molecule has 0 aliphatic carbocycles. The maximum atomic E-state index is 12.2. The minimum atomic E-state index is -3.71. The van der Waals surface area contributed by atoms with Gasteiger partial charge in [-0.15, -0.1) is 0 Å². The van der Waals surface area contributed by atoms with E-state index < -0.39 is 16.0 Å². The predicted molar refractivity (Wildman–Crippen MR) is 76.7 cm³/mol. The highest BCUT2D eigenvalue weighted by Gasteiger charge is 2.25. The van der Waals surface area contributed by atoms with Crippen molar-refractivity contribution in [1.29, 1.82) is 0 Å². The van der Waals surface area contributed by atoms with Crippen molar-refractivity contribution in [3.63, 3.8) is 0 Å².